The molecular weight excluding hydrogens is 470 g/mol. The molecule has 5 rings (SSSR count). The SMILES string of the molecule is NS(=O)(=O)C1CCCN(CCOc2ccc3c(c2)C(C2(c4ccc(Cl)cc4)CCC2)NCC3)C1. The number of ether oxygens (including phenoxy) is 1. The number of nitrogens with two attached hydrogens (primary N) is 1. The number of nitrogens with zero attached hydrogens (tertiary/aromatic N) is 1. The van der Waals surface area contributed by atoms with E-state index in [-0.39, 0.29) is 11.5 Å². The lowest BCUT2D eigenvalue weighted by atomic mass is 9.58. The number of benzene rings is 2. The summed E-state index contributed by atoms with van der Waals surface area (Å²) in [5, 5.41) is 9.50. The zero-order chi connectivity index (χ0) is 23.8. The fraction of sp³-hybridized carbons (Fsp3) is 0.538. The van der Waals surface area contributed by atoms with Crippen molar-refractivity contribution < 1.29 is 13.2 Å². The summed E-state index contributed by atoms with van der Waals surface area (Å²) in [4.78, 5) is 2.14. The van der Waals surface area contributed by atoms with Crippen molar-refractivity contribution >= 4 is 21.6 Å². The average molecular weight is 504 g/mol. The van der Waals surface area contributed by atoms with Gasteiger partial charge in [0.1, 0.15) is 12.4 Å². The first kappa shape index (κ1) is 24.1. The lowest BCUT2D eigenvalue weighted by Crippen LogP contribution is -2.49. The van der Waals surface area contributed by atoms with Gasteiger partial charge in [-0.3, -0.25) is 4.90 Å². The average Bonchev–Trinajstić information content (AvgIpc) is 2.79. The van der Waals surface area contributed by atoms with Crippen LogP contribution in [0.15, 0.2) is 42.5 Å². The molecule has 1 saturated carbocycles. The molecule has 2 aromatic carbocycles. The van der Waals surface area contributed by atoms with Gasteiger partial charge in [0.2, 0.25) is 10.0 Å². The van der Waals surface area contributed by atoms with E-state index in [1.807, 2.05) is 12.1 Å². The van der Waals surface area contributed by atoms with Crippen LogP contribution in [-0.2, 0) is 21.9 Å². The van der Waals surface area contributed by atoms with E-state index in [4.69, 9.17) is 21.5 Å². The summed E-state index contributed by atoms with van der Waals surface area (Å²) in [5.41, 5.74) is 4.18. The van der Waals surface area contributed by atoms with Crippen LogP contribution in [0, 0.1) is 0 Å². The Kier molecular flexibility index (Phi) is 6.93. The van der Waals surface area contributed by atoms with Gasteiger partial charge < -0.3 is 10.1 Å². The minimum absolute atomic E-state index is 0.0922. The van der Waals surface area contributed by atoms with E-state index < -0.39 is 15.3 Å². The lowest BCUT2D eigenvalue weighted by Gasteiger charge is -2.50. The highest BCUT2D eigenvalue weighted by molar-refractivity contribution is 7.89. The molecule has 184 valence electrons. The smallest absolute Gasteiger partial charge is 0.213 e. The van der Waals surface area contributed by atoms with Crippen LogP contribution in [0.5, 0.6) is 5.75 Å². The Morgan fingerprint density at radius 2 is 1.94 bits per heavy atom. The van der Waals surface area contributed by atoms with Crippen molar-refractivity contribution in [3.05, 3.63) is 64.2 Å². The number of hydrogen-bond acceptors (Lipinski definition) is 5. The standard InChI is InChI=1S/C26H34ClN3O3S/c27-21-7-5-20(6-8-21)26(11-2-12-26)25-24-17-22(9-4-19(24)10-13-29-25)33-16-15-30-14-1-3-23(18-30)34(28,31)32/h4-9,17,23,25,29H,1-3,10-16,18H2,(H2,28,31,32). The maximum Gasteiger partial charge on any atom is 0.213 e. The number of rotatable bonds is 7. The van der Waals surface area contributed by atoms with Gasteiger partial charge in [-0.15, -0.1) is 0 Å². The molecule has 2 unspecified atom stereocenters. The van der Waals surface area contributed by atoms with E-state index in [1.54, 1.807) is 0 Å². The zero-order valence-corrected chi connectivity index (χ0v) is 21.1. The molecule has 0 spiro atoms. The Labute approximate surface area is 207 Å². The van der Waals surface area contributed by atoms with Gasteiger partial charge in [-0.1, -0.05) is 36.2 Å². The van der Waals surface area contributed by atoms with E-state index in [2.05, 4.69) is 40.5 Å². The summed E-state index contributed by atoms with van der Waals surface area (Å²) in [6.07, 6.45) is 6.08. The number of hydrogen-bond donors (Lipinski definition) is 2. The van der Waals surface area contributed by atoms with Gasteiger partial charge in [0.15, 0.2) is 0 Å². The molecule has 0 radical (unpaired) electrons. The molecule has 3 N–H and O–H groups in total. The molecule has 2 heterocycles. The Hall–Kier alpha value is -1.64. The van der Waals surface area contributed by atoms with Crippen LogP contribution < -0.4 is 15.2 Å². The van der Waals surface area contributed by atoms with E-state index in [9.17, 15) is 8.42 Å². The zero-order valence-electron chi connectivity index (χ0n) is 19.5. The van der Waals surface area contributed by atoms with Crippen molar-refractivity contribution in [2.75, 3.05) is 32.8 Å². The highest BCUT2D eigenvalue weighted by Gasteiger charge is 2.47. The molecule has 2 atom stereocenters. The Morgan fingerprint density at radius 1 is 1.15 bits per heavy atom. The highest BCUT2D eigenvalue weighted by atomic mass is 35.5. The molecule has 6 nitrogen and oxygen atoms in total. The van der Waals surface area contributed by atoms with Gasteiger partial charge in [-0.2, -0.15) is 0 Å². The normalized spacial score (nSPS) is 24.8. The van der Waals surface area contributed by atoms with Crippen LogP contribution in [0.1, 0.15) is 54.8 Å². The molecule has 2 aromatic rings. The van der Waals surface area contributed by atoms with Crippen molar-refractivity contribution in [3.63, 3.8) is 0 Å². The molecule has 0 aromatic heterocycles. The predicted octanol–water partition coefficient (Wildman–Crippen LogP) is 3.78. The number of piperidine rings is 1. The van der Waals surface area contributed by atoms with Crippen molar-refractivity contribution in [2.24, 2.45) is 5.14 Å². The summed E-state index contributed by atoms with van der Waals surface area (Å²) in [6.45, 7) is 3.57. The van der Waals surface area contributed by atoms with E-state index in [1.165, 1.54) is 23.1 Å². The molecule has 0 amide bonds. The number of likely N-dealkylation sites (tertiary alicyclic amines) is 1. The maximum absolute atomic E-state index is 11.7. The van der Waals surface area contributed by atoms with Crippen LogP contribution >= 0.6 is 11.6 Å². The fourth-order valence-corrected chi connectivity index (χ4v) is 7.01. The number of sulfonamides is 1. The quantitative estimate of drug-likeness (QED) is 0.600. The maximum atomic E-state index is 11.7. The monoisotopic (exact) mass is 503 g/mol. The summed E-state index contributed by atoms with van der Waals surface area (Å²) in [5.74, 6) is 0.873. The molecule has 2 fully saturated rings. The second-order valence-corrected chi connectivity index (χ2v) is 12.3. The van der Waals surface area contributed by atoms with E-state index >= 15 is 0 Å². The second-order valence-electron chi connectivity index (χ2n) is 10.0. The predicted molar refractivity (Wildman–Crippen MR) is 136 cm³/mol. The van der Waals surface area contributed by atoms with Gasteiger partial charge in [-0.25, -0.2) is 13.6 Å². The Morgan fingerprint density at radius 3 is 2.65 bits per heavy atom. The third-order valence-electron chi connectivity index (χ3n) is 7.99. The van der Waals surface area contributed by atoms with Crippen LogP contribution in [0.4, 0.5) is 0 Å². The Balaban J connectivity index is 1.29. The van der Waals surface area contributed by atoms with Gasteiger partial charge in [0.25, 0.3) is 0 Å². The lowest BCUT2D eigenvalue weighted by molar-refractivity contribution is 0.163. The van der Waals surface area contributed by atoms with Crippen LogP contribution in [0.3, 0.4) is 0 Å². The molecule has 1 aliphatic carbocycles. The first-order chi connectivity index (χ1) is 16.3. The van der Waals surface area contributed by atoms with Crippen LogP contribution in [0.25, 0.3) is 0 Å². The molecule has 34 heavy (non-hydrogen) atoms. The minimum atomic E-state index is -3.49. The highest BCUT2D eigenvalue weighted by Crippen LogP contribution is 2.53. The topological polar surface area (TPSA) is 84.7 Å². The minimum Gasteiger partial charge on any atom is -0.492 e. The van der Waals surface area contributed by atoms with Crippen molar-refractivity contribution in [1.29, 1.82) is 0 Å². The largest absolute Gasteiger partial charge is 0.492 e. The summed E-state index contributed by atoms with van der Waals surface area (Å²) >= 11 is 6.17. The van der Waals surface area contributed by atoms with Gasteiger partial charge in [0, 0.05) is 29.6 Å². The summed E-state index contributed by atoms with van der Waals surface area (Å²) in [7, 11) is -3.49. The van der Waals surface area contributed by atoms with Gasteiger partial charge >= 0.3 is 0 Å². The first-order valence-electron chi connectivity index (χ1n) is 12.3. The van der Waals surface area contributed by atoms with E-state index in [0.717, 1.165) is 49.5 Å². The molecule has 2 aliphatic heterocycles. The Bertz CT molecular complexity index is 1120. The number of primary sulfonamides is 1. The summed E-state index contributed by atoms with van der Waals surface area (Å²) in [6, 6.07) is 15.1. The number of fused-ring (bicyclic) bond motifs is 1. The molecule has 0 bridgehead atoms. The van der Waals surface area contributed by atoms with Crippen LogP contribution in [-0.4, -0.2) is 51.4 Å². The van der Waals surface area contributed by atoms with Crippen molar-refractivity contribution in [2.45, 2.75) is 55.2 Å². The van der Waals surface area contributed by atoms with Gasteiger partial charge in [0.05, 0.1) is 5.25 Å². The third kappa shape index (κ3) is 4.86. The molecule has 8 heteroatoms. The van der Waals surface area contributed by atoms with Crippen molar-refractivity contribution in [3.8, 4) is 5.75 Å². The third-order valence-corrected chi connectivity index (χ3v) is 9.56. The van der Waals surface area contributed by atoms with Crippen LogP contribution in [0.2, 0.25) is 5.02 Å². The fourth-order valence-electron chi connectivity index (χ4n) is 5.97. The van der Waals surface area contributed by atoms with Gasteiger partial charge in [-0.05, 0) is 86.1 Å². The first-order valence-corrected chi connectivity index (χ1v) is 14.3. The molecular formula is C26H34ClN3O3S. The summed E-state index contributed by atoms with van der Waals surface area (Å²) < 4.78 is 29.6. The van der Waals surface area contributed by atoms with Crippen molar-refractivity contribution in [1.82, 2.24) is 10.2 Å². The molecule has 3 aliphatic rings. The molecule has 1 saturated heterocycles. The number of nitrogens with one attached hydrogen (secondary N) is 1. The second kappa shape index (κ2) is 9.78. The van der Waals surface area contributed by atoms with E-state index in [0.29, 0.717) is 26.1 Å². The number of halogens is 1.